The van der Waals surface area contributed by atoms with Gasteiger partial charge in [0.2, 0.25) is 0 Å². The molecule has 0 aliphatic heterocycles. The van der Waals surface area contributed by atoms with Gasteiger partial charge in [-0.05, 0) is 13.8 Å². The van der Waals surface area contributed by atoms with E-state index in [0.29, 0.717) is 19.1 Å². The van der Waals surface area contributed by atoms with Gasteiger partial charge in [-0.2, -0.15) is 5.10 Å². The van der Waals surface area contributed by atoms with Crippen molar-refractivity contribution in [3.63, 3.8) is 0 Å². The van der Waals surface area contributed by atoms with Crippen molar-refractivity contribution in [1.29, 1.82) is 0 Å². The predicted molar refractivity (Wildman–Crippen MR) is 70.9 cm³/mol. The highest BCUT2D eigenvalue weighted by Gasteiger charge is 2.17. The van der Waals surface area contributed by atoms with E-state index in [0.717, 1.165) is 5.82 Å². The highest BCUT2D eigenvalue weighted by Crippen LogP contribution is 2.03. The number of hydrogen-bond donors (Lipinski definition) is 1. The van der Waals surface area contributed by atoms with Gasteiger partial charge in [0.15, 0.2) is 9.84 Å². The van der Waals surface area contributed by atoms with Gasteiger partial charge in [0.1, 0.15) is 12.2 Å². The van der Waals surface area contributed by atoms with Crippen LogP contribution in [-0.4, -0.2) is 40.2 Å². The Morgan fingerprint density at radius 2 is 2.00 bits per heavy atom. The van der Waals surface area contributed by atoms with Gasteiger partial charge in [-0.3, -0.25) is 0 Å². The van der Waals surface area contributed by atoms with Crippen LogP contribution in [0.5, 0.6) is 0 Å². The summed E-state index contributed by atoms with van der Waals surface area (Å²) in [7, 11) is -3.03. The van der Waals surface area contributed by atoms with Crippen LogP contribution >= 0.6 is 0 Å². The van der Waals surface area contributed by atoms with Gasteiger partial charge in [0.05, 0.1) is 24.1 Å². The highest BCUT2D eigenvalue weighted by atomic mass is 32.2. The average Bonchev–Trinajstić information content (AvgIpc) is 2.70. The van der Waals surface area contributed by atoms with Gasteiger partial charge >= 0.3 is 0 Å². The molecule has 0 aromatic carbocycles. The molecule has 6 nitrogen and oxygen atoms in total. The van der Waals surface area contributed by atoms with Crippen LogP contribution in [0.2, 0.25) is 0 Å². The van der Waals surface area contributed by atoms with E-state index in [1.807, 2.05) is 13.8 Å². The third kappa shape index (κ3) is 4.38. The fraction of sp³-hybridized carbons (Fsp3) is 0.818. The molecule has 0 saturated heterocycles. The summed E-state index contributed by atoms with van der Waals surface area (Å²) < 4.78 is 25.1. The standard InChI is InChI=1S/C11H22N4O2S/c1-9(2)12-7-11-13-8-14-15(11)5-6-18(16,17)10(3)4/h8-10,12H,5-7H2,1-4H3. The molecule has 0 amide bonds. The summed E-state index contributed by atoms with van der Waals surface area (Å²) in [5, 5.41) is 6.94. The molecule has 0 spiro atoms. The van der Waals surface area contributed by atoms with Crippen LogP contribution in [0.25, 0.3) is 0 Å². The molecule has 0 aliphatic carbocycles. The second-order valence-corrected chi connectivity index (χ2v) is 7.53. The van der Waals surface area contributed by atoms with E-state index < -0.39 is 9.84 Å². The topological polar surface area (TPSA) is 76.9 Å². The van der Waals surface area contributed by atoms with Crippen LogP contribution in [0.1, 0.15) is 33.5 Å². The van der Waals surface area contributed by atoms with Gasteiger partial charge in [0, 0.05) is 6.04 Å². The lowest BCUT2D eigenvalue weighted by atomic mass is 10.4. The summed E-state index contributed by atoms with van der Waals surface area (Å²) in [4.78, 5) is 4.13. The Labute approximate surface area is 109 Å². The quantitative estimate of drug-likeness (QED) is 0.788. The fourth-order valence-corrected chi connectivity index (χ4v) is 2.26. The summed E-state index contributed by atoms with van der Waals surface area (Å²) in [6.45, 7) is 8.43. The molecule has 0 aliphatic rings. The number of aryl methyl sites for hydroxylation is 1. The smallest absolute Gasteiger partial charge is 0.154 e. The number of nitrogens with zero attached hydrogens (tertiary/aromatic N) is 3. The Bertz CT molecular complexity index is 465. The number of hydrogen-bond acceptors (Lipinski definition) is 5. The molecule has 104 valence electrons. The van der Waals surface area contributed by atoms with Crippen LogP contribution in [0.15, 0.2) is 6.33 Å². The van der Waals surface area contributed by atoms with E-state index in [4.69, 9.17) is 0 Å². The van der Waals surface area contributed by atoms with Gasteiger partial charge in [-0.25, -0.2) is 18.1 Å². The maximum absolute atomic E-state index is 11.7. The molecule has 18 heavy (non-hydrogen) atoms. The third-order valence-electron chi connectivity index (χ3n) is 2.67. The summed E-state index contributed by atoms with van der Waals surface area (Å²) in [6.07, 6.45) is 1.46. The van der Waals surface area contributed by atoms with E-state index in [1.54, 1.807) is 18.5 Å². The molecule has 0 unspecified atom stereocenters. The number of sulfone groups is 1. The zero-order valence-electron chi connectivity index (χ0n) is 11.4. The minimum atomic E-state index is -3.03. The first kappa shape index (κ1) is 15.1. The molecule has 0 saturated carbocycles. The Morgan fingerprint density at radius 1 is 1.33 bits per heavy atom. The zero-order valence-corrected chi connectivity index (χ0v) is 12.2. The van der Waals surface area contributed by atoms with Gasteiger partial charge in [-0.15, -0.1) is 0 Å². The van der Waals surface area contributed by atoms with E-state index in [-0.39, 0.29) is 11.0 Å². The lowest BCUT2D eigenvalue weighted by Crippen LogP contribution is -2.26. The van der Waals surface area contributed by atoms with Gasteiger partial charge in [0.25, 0.3) is 0 Å². The summed E-state index contributed by atoms with van der Waals surface area (Å²) >= 11 is 0. The maximum Gasteiger partial charge on any atom is 0.154 e. The molecular formula is C11H22N4O2S. The second kappa shape index (κ2) is 6.29. The Hall–Kier alpha value is -0.950. The van der Waals surface area contributed by atoms with Crippen molar-refractivity contribution in [1.82, 2.24) is 20.1 Å². The first-order chi connectivity index (χ1) is 8.33. The average molecular weight is 274 g/mol. The van der Waals surface area contributed by atoms with Crippen LogP contribution in [-0.2, 0) is 22.9 Å². The largest absolute Gasteiger partial charge is 0.308 e. The predicted octanol–water partition coefficient (Wildman–Crippen LogP) is 0.599. The number of nitrogens with one attached hydrogen (secondary N) is 1. The van der Waals surface area contributed by atoms with E-state index in [1.165, 1.54) is 6.33 Å². The van der Waals surface area contributed by atoms with Crippen LogP contribution in [0.4, 0.5) is 0 Å². The first-order valence-electron chi connectivity index (χ1n) is 6.14. The van der Waals surface area contributed by atoms with Crippen molar-refractivity contribution in [3.05, 3.63) is 12.2 Å². The summed E-state index contributed by atoms with van der Waals surface area (Å²) in [5.41, 5.74) is 0. The maximum atomic E-state index is 11.7. The third-order valence-corrected chi connectivity index (χ3v) is 4.86. The molecule has 0 radical (unpaired) electrons. The monoisotopic (exact) mass is 274 g/mol. The molecule has 7 heteroatoms. The molecule has 1 aromatic heterocycles. The summed E-state index contributed by atoms with van der Waals surface area (Å²) in [5.74, 6) is 0.866. The van der Waals surface area contributed by atoms with Gasteiger partial charge in [-0.1, -0.05) is 13.8 Å². The molecule has 1 heterocycles. The normalized spacial score (nSPS) is 12.6. The van der Waals surface area contributed by atoms with E-state index >= 15 is 0 Å². The lowest BCUT2D eigenvalue weighted by Gasteiger charge is -2.11. The van der Waals surface area contributed by atoms with Crippen molar-refractivity contribution < 1.29 is 8.42 Å². The minimum absolute atomic E-state index is 0.0999. The molecular weight excluding hydrogens is 252 g/mol. The van der Waals surface area contributed by atoms with Crippen molar-refractivity contribution in [2.75, 3.05) is 5.75 Å². The Balaban J connectivity index is 2.61. The van der Waals surface area contributed by atoms with E-state index in [9.17, 15) is 8.42 Å². The summed E-state index contributed by atoms with van der Waals surface area (Å²) in [6, 6.07) is 0.356. The highest BCUT2D eigenvalue weighted by molar-refractivity contribution is 7.91. The Kier molecular flexibility index (Phi) is 5.28. The van der Waals surface area contributed by atoms with Crippen molar-refractivity contribution >= 4 is 9.84 Å². The van der Waals surface area contributed by atoms with Crippen molar-refractivity contribution in [2.45, 2.75) is 52.1 Å². The Morgan fingerprint density at radius 3 is 2.56 bits per heavy atom. The van der Waals surface area contributed by atoms with Crippen LogP contribution in [0.3, 0.4) is 0 Å². The number of aromatic nitrogens is 3. The zero-order chi connectivity index (χ0) is 13.8. The molecule has 1 rings (SSSR count). The van der Waals surface area contributed by atoms with Crippen LogP contribution < -0.4 is 5.32 Å². The van der Waals surface area contributed by atoms with Crippen LogP contribution in [0, 0.1) is 0 Å². The van der Waals surface area contributed by atoms with Crippen molar-refractivity contribution in [2.24, 2.45) is 0 Å². The SMILES string of the molecule is CC(C)NCc1ncnn1CCS(=O)(=O)C(C)C. The van der Waals surface area contributed by atoms with Gasteiger partial charge < -0.3 is 5.32 Å². The molecule has 0 atom stereocenters. The first-order valence-corrected chi connectivity index (χ1v) is 7.86. The van der Waals surface area contributed by atoms with Crippen molar-refractivity contribution in [3.8, 4) is 0 Å². The second-order valence-electron chi connectivity index (χ2n) is 4.85. The lowest BCUT2D eigenvalue weighted by molar-refractivity contribution is 0.526. The number of rotatable bonds is 7. The van der Waals surface area contributed by atoms with E-state index in [2.05, 4.69) is 15.4 Å². The molecule has 0 bridgehead atoms. The fourth-order valence-electron chi connectivity index (χ4n) is 1.36. The minimum Gasteiger partial charge on any atom is -0.308 e. The molecule has 1 aromatic rings. The molecule has 0 fully saturated rings. The molecule has 1 N–H and O–H groups in total.